The van der Waals surface area contributed by atoms with Crippen molar-refractivity contribution in [1.29, 1.82) is 0 Å². The third-order valence-electron chi connectivity index (χ3n) is 2.84. The molecular weight excluding hydrogens is 223 g/mol. The number of rotatable bonds is 3. The number of hydrogen-bond donors (Lipinski definition) is 1. The highest BCUT2D eigenvalue weighted by Gasteiger charge is 2.18. The van der Waals surface area contributed by atoms with Gasteiger partial charge in [-0.05, 0) is 31.9 Å². The summed E-state index contributed by atoms with van der Waals surface area (Å²) in [6, 6.07) is 4.20. The Morgan fingerprint density at radius 2 is 2.35 bits per heavy atom. The summed E-state index contributed by atoms with van der Waals surface area (Å²) in [4.78, 5) is 0. The molecule has 1 fully saturated rings. The Kier molecular flexibility index (Phi) is 3.97. The van der Waals surface area contributed by atoms with Crippen LogP contribution in [-0.4, -0.2) is 24.4 Å². The molecule has 2 atom stereocenters. The maximum Gasteiger partial charge on any atom is 0.128 e. The van der Waals surface area contributed by atoms with Gasteiger partial charge >= 0.3 is 0 Å². The van der Waals surface area contributed by atoms with Gasteiger partial charge < -0.3 is 14.6 Å². The van der Waals surface area contributed by atoms with Crippen molar-refractivity contribution in [1.82, 2.24) is 0 Å². The van der Waals surface area contributed by atoms with Gasteiger partial charge in [-0.15, -0.1) is 0 Å². The van der Waals surface area contributed by atoms with E-state index in [4.69, 9.17) is 9.47 Å². The molecule has 2 rings (SSSR count). The smallest absolute Gasteiger partial charge is 0.128 e. The molecule has 4 heteroatoms. The van der Waals surface area contributed by atoms with Gasteiger partial charge in [0.15, 0.2) is 0 Å². The van der Waals surface area contributed by atoms with Gasteiger partial charge in [0.2, 0.25) is 0 Å². The van der Waals surface area contributed by atoms with E-state index in [1.807, 2.05) is 0 Å². The van der Waals surface area contributed by atoms with Gasteiger partial charge in [-0.2, -0.15) is 0 Å². The molecule has 0 radical (unpaired) electrons. The molecule has 1 aromatic carbocycles. The predicted octanol–water partition coefficient (Wildman–Crippen LogP) is 2.44. The molecule has 2 unspecified atom stereocenters. The second-order valence-electron chi connectivity index (χ2n) is 4.32. The number of ether oxygens (including phenoxy) is 2. The highest BCUT2D eigenvalue weighted by molar-refractivity contribution is 5.35. The summed E-state index contributed by atoms with van der Waals surface area (Å²) >= 11 is 0. The SMILES string of the molecule is CC(O)c1ccc(F)cc1OC1CCCOC1. The van der Waals surface area contributed by atoms with E-state index in [1.165, 1.54) is 12.1 Å². The minimum Gasteiger partial charge on any atom is -0.488 e. The van der Waals surface area contributed by atoms with E-state index in [2.05, 4.69) is 0 Å². The zero-order valence-electron chi connectivity index (χ0n) is 9.86. The Morgan fingerprint density at radius 3 is 3.00 bits per heavy atom. The third-order valence-corrected chi connectivity index (χ3v) is 2.84. The molecule has 17 heavy (non-hydrogen) atoms. The Bertz CT molecular complexity index is 373. The summed E-state index contributed by atoms with van der Waals surface area (Å²) < 4.78 is 24.2. The van der Waals surface area contributed by atoms with Crippen molar-refractivity contribution in [3.63, 3.8) is 0 Å². The van der Waals surface area contributed by atoms with Crippen LogP contribution in [0.15, 0.2) is 18.2 Å². The standard InChI is InChI=1S/C13H17FO3/c1-9(15)12-5-4-10(14)7-13(12)17-11-3-2-6-16-8-11/h4-5,7,9,11,15H,2-3,6,8H2,1H3. The maximum absolute atomic E-state index is 13.2. The molecule has 1 aliphatic heterocycles. The Labute approximate surface area is 100 Å². The fourth-order valence-electron chi connectivity index (χ4n) is 1.94. The van der Waals surface area contributed by atoms with Gasteiger partial charge in [0.25, 0.3) is 0 Å². The Balaban J connectivity index is 2.14. The second-order valence-corrected chi connectivity index (χ2v) is 4.32. The lowest BCUT2D eigenvalue weighted by Gasteiger charge is -2.25. The summed E-state index contributed by atoms with van der Waals surface area (Å²) in [7, 11) is 0. The van der Waals surface area contributed by atoms with Gasteiger partial charge in [0.05, 0.1) is 12.7 Å². The highest BCUT2D eigenvalue weighted by Crippen LogP contribution is 2.28. The number of benzene rings is 1. The van der Waals surface area contributed by atoms with E-state index in [-0.39, 0.29) is 11.9 Å². The first-order valence-electron chi connectivity index (χ1n) is 5.88. The second kappa shape index (κ2) is 5.47. The molecule has 0 spiro atoms. The molecule has 3 nitrogen and oxygen atoms in total. The molecular formula is C13H17FO3. The first-order valence-corrected chi connectivity index (χ1v) is 5.88. The number of hydrogen-bond acceptors (Lipinski definition) is 3. The molecule has 0 amide bonds. The van der Waals surface area contributed by atoms with Crippen LogP contribution in [0.2, 0.25) is 0 Å². The minimum absolute atomic E-state index is 0.0527. The number of halogens is 1. The van der Waals surface area contributed by atoms with Crippen molar-refractivity contribution >= 4 is 0 Å². The van der Waals surface area contributed by atoms with Crippen LogP contribution in [0, 0.1) is 5.82 Å². The molecule has 1 N–H and O–H groups in total. The fourth-order valence-corrected chi connectivity index (χ4v) is 1.94. The first-order chi connectivity index (χ1) is 8.16. The van der Waals surface area contributed by atoms with Crippen molar-refractivity contribution in [2.45, 2.75) is 32.0 Å². The lowest BCUT2D eigenvalue weighted by Crippen LogP contribution is -2.28. The van der Waals surface area contributed by atoms with Gasteiger partial charge in [0.1, 0.15) is 17.7 Å². The van der Waals surface area contributed by atoms with E-state index in [1.54, 1.807) is 13.0 Å². The maximum atomic E-state index is 13.2. The van der Waals surface area contributed by atoms with Crippen LogP contribution in [0.25, 0.3) is 0 Å². The lowest BCUT2D eigenvalue weighted by molar-refractivity contribution is 0.00600. The van der Waals surface area contributed by atoms with E-state index < -0.39 is 6.10 Å². The van der Waals surface area contributed by atoms with E-state index in [0.29, 0.717) is 17.9 Å². The minimum atomic E-state index is -0.671. The normalized spacial score (nSPS) is 22.2. The average molecular weight is 240 g/mol. The molecule has 1 heterocycles. The Morgan fingerprint density at radius 1 is 1.53 bits per heavy atom. The zero-order valence-corrected chi connectivity index (χ0v) is 9.86. The Hall–Kier alpha value is -1.13. The molecule has 0 saturated carbocycles. The number of aliphatic hydroxyl groups excluding tert-OH is 1. The summed E-state index contributed by atoms with van der Waals surface area (Å²) in [5.74, 6) is 0.0524. The quantitative estimate of drug-likeness (QED) is 0.882. The molecule has 0 aromatic heterocycles. The topological polar surface area (TPSA) is 38.7 Å². The summed E-state index contributed by atoms with van der Waals surface area (Å²) in [6.07, 6.45) is 1.12. The van der Waals surface area contributed by atoms with Crippen LogP contribution >= 0.6 is 0 Å². The first kappa shape index (κ1) is 12.3. The van der Waals surface area contributed by atoms with Crippen LogP contribution in [0.4, 0.5) is 4.39 Å². The van der Waals surface area contributed by atoms with E-state index in [0.717, 1.165) is 19.4 Å². The molecule has 1 aromatic rings. The van der Waals surface area contributed by atoms with Gasteiger partial charge in [0, 0.05) is 18.2 Å². The molecule has 94 valence electrons. The predicted molar refractivity (Wildman–Crippen MR) is 61.5 cm³/mol. The number of aliphatic hydroxyl groups is 1. The molecule has 1 aliphatic rings. The van der Waals surface area contributed by atoms with Crippen LogP contribution in [0.3, 0.4) is 0 Å². The fraction of sp³-hybridized carbons (Fsp3) is 0.538. The average Bonchev–Trinajstić information content (AvgIpc) is 2.30. The molecule has 0 bridgehead atoms. The summed E-state index contributed by atoms with van der Waals surface area (Å²) in [5, 5.41) is 9.59. The summed E-state index contributed by atoms with van der Waals surface area (Å²) in [5.41, 5.74) is 0.608. The largest absolute Gasteiger partial charge is 0.488 e. The van der Waals surface area contributed by atoms with Crippen LogP contribution in [0.1, 0.15) is 31.4 Å². The van der Waals surface area contributed by atoms with Crippen molar-refractivity contribution in [2.24, 2.45) is 0 Å². The van der Waals surface area contributed by atoms with Crippen molar-refractivity contribution < 1.29 is 19.0 Å². The monoisotopic (exact) mass is 240 g/mol. The third kappa shape index (κ3) is 3.17. The highest BCUT2D eigenvalue weighted by atomic mass is 19.1. The molecule has 1 saturated heterocycles. The van der Waals surface area contributed by atoms with Gasteiger partial charge in [-0.3, -0.25) is 0 Å². The summed E-state index contributed by atoms with van der Waals surface area (Å²) in [6.45, 7) is 2.92. The van der Waals surface area contributed by atoms with Crippen LogP contribution < -0.4 is 4.74 Å². The van der Waals surface area contributed by atoms with Gasteiger partial charge in [-0.1, -0.05) is 0 Å². The lowest BCUT2D eigenvalue weighted by atomic mass is 10.1. The van der Waals surface area contributed by atoms with Crippen LogP contribution in [0.5, 0.6) is 5.75 Å². The van der Waals surface area contributed by atoms with Gasteiger partial charge in [-0.25, -0.2) is 4.39 Å². The van der Waals surface area contributed by atoms with Crippen LogP contribution in [-0.2, 0) is 4.74 Å². The molecule has 0 aliphatic carbocycles. The van der Waals surface area contributed by atoms with Crippen molar-refractivity contribution in [2.75, 3.05) is 13.2 Å². The van der Waals surface area contributed by atoms with Crippen molar-refractivity contribution in [3.05, 3.63) is 29.6 Å². The van der Waals surface area contributed by atoms with Crippen molar-refractivity contribution in [3.8, 4) is 5.75 Å². The zero-order chi connectivity index (χ0) is 12.3. The van der Waals surface area contributed by atoms with E-state index >= 15 is 0 Å². The van der Waals surface area contributed by atoms with E-state index in [9.17, 15) is 9.50 Å².